The molecule has 0 amide bonds. The van der Waals surface area contributed by atoms with Gasteiger partial charge in [0.1, 0.15) is 23.4 Å². The molecule has 1 aliphatic carbocycles. The van der Waals surface area contributed by atoms with Gasteiger partial charge in [-0.2, -0.15) is 0 Å². The lowest BCUT2D eigenvalue weighted by Gasteiger charge is -2.40. The van der Waals surface area contributed by atoms with Gasteiger partial charge >= 0.3 is 0 Å². The van der Waals surface area contributed by atoms with Crippen LogP contribution < -0.4 is 10.2 Å². The normalized spacial score (nSPS) is 25.6. The Morgan fingerprint density at radius 2 is 1.91 bits per heavy atom. The molecule has 182 valence electrons. The number of aromatic hydroxyl groups is 1. The number of halogens is 2. The fraction of sp³-hybridized carbons (Fsp3) is 0.440. The van der Waals surface area contributed by atoms with Gasteiger partial charge < -0.3 is 15.3 Å². The Morgan fingerprint density at radius 1 is 1.06 bits per heavy atom. The number of phenols is 1. The lowest BCUT2D eigenvalue weighted by atomic mass is 9.96. The maximum Gasteiger partial charge on any atom is 0.245 e. The van der Waals surface area contributed by atoms with E-state index in [2.05, 4.69) is 25.5 Å². The predicted molar refractivity (Wildman–Crippen MR) is 131 cm³/mol. The third-order valence-corrected chi connectivity index (χ3v) is 7.90. The van der Waals surface area contributed by atoms with Crippen molar-refractivity contribution in [3.05, 3.63) is 42.5 Å². The molecule has 1 saturated carbocycles. The topological polar surface area (TPSA) is 87.1 Å². The number of hydrogen-bond donors (Lipinski definition) is 2. The van der Waals surface area contributed by atoms with E-state index in [0.717, 1.165) is 32.1 Å². The first-order chi connectivity index (χ1) is 17.0. The molecule has 35 heavy (non-hydrogen) atoms. The molecule has 10 heteroatoms. The lowest BCUT2D eigenvalue weighted by molar-refractivity contribution is 0.171. The van der Waals surface area contributed by atoms with Gasteiger partial charge in [0.05, 0.1) is 23.5 Å². The van der Waals surface area contributed by atoms with Crippen molar-refractivity contribution < 1.29 is 13.9 Å². The zero-order valence-electron chi connectivity index (χ0n) is 19.2. The third-order valence-electron chi connectivity index (χ3n) is 7.26. The Bertz CT molecular complexity index is 1240. The number of aromatic nitrogens is 4. The number of anilines is 1. The second-order valence-electron chi connectivity index (χ2n) is 9.52. The van der Waals surface area contributed by atoms with E-state index in [1.807, 2.05) is 11.2 Å². The Balaban J connectivity index is 1.27. The second kappa shape index (κ2) is 8.98. The minimum absolute atomic E-state index is 0.0499. The molecule has 0 spiro atoms. The number of pyridine rings is 1. The Kier molecular flexibility index (Phi) is 5.80. The first kappa shape index (κ1) is 22.6. The monoisotopic (exact) mass is 496 g/mol. The molecule has 0 radical (unpaired) electrons. The summed E-state index contributed by atoms with van der Waals surface area (Å²) >= 11 is 1.42. The smallest absolute Gasteiger partial charge is 0.245 e. The van der Waals surface area contributed by atoms with Gasteiger partial charge in [0, 0.05) is 29.3 Å². The van der Waals surface area contributed by atoms with E-state index in [-0.39, 0.29) is 23.9 Å². The predicted octanol–water partition coefficient (Wildman–Crippen LogP) is 4.37. The van der Waals surface area contributed by atoms with Crippen molar-refractivity contribution in [1.82, 2.24) is 25.5 Å². The van der Waals surface area contributed by atoms with Crippen LogP contribution in [0.5, 0.6) is 5.75 Å². The van der Waals surface area contributed by atoms with Crippen molar-refractivity contribution in [3.63, 3.8) is 0 Å². The SMILES string of the molecule is CSc1cc(-c2ccc(-c3cnc(N(C4CC4)[C@H]4C[C@@H]5CC[C@H](N5)[C@H]4F)nn3)c(O)c2)c(F)cn1. The van der Waals surface area contributed by atoms with Crippen LogP contribution in [0, 0.1) is 5.82 Å². The van der Waals surface area contributed by atoms with Crippen molar-refractivity contribution >= 4 is 17.7 Å². The molecule has 1 aromatic carbocycles. The summed E-state index contributed by atoms with van der Waals surface area (Å²) < 4.78 is 29.6. The number of fused-ring (bicyclic) bond motifs is 2. The van der Waals surface area contributed by atoms with Gasteiger partial charge in [0.25, 0.3) is 0 Å². The first-order valence-electron chi connectivity index (χ1n) is 11.9. The van der Waals surface area contributed by atoms with Crippen LogP contribution >= 0.6 is 11.8 Å². The fourth-order valence-corrected chi connectivity index (χ4v) is 5.75. The minimum Gasteiger partial charge on any atom is -0.507 e. The number of rotatable bonds is 6. The summed E-state index contributed by atoms with van der Waals surface area (Å²) in [4.78, 5) is 10.6. The largest absolute Gasteiger partial charge is 0.507 e. The van der Waals surface area contributed by atoms with Crippen LogP contribution in [0.1, 0.15) is 32.1 Å². The number of alkyl halides is 1. The standard InChI is InChI=1S/C25H26F2N6OS/c1-35-23-10-17(18(26)11-28-23)13-2-6-16(22(34)8-13)20-12-29-25(32-31-20)33(15-4-5-15)21-9-14-3-7-19(30-14)24(21)27/h2,6,8,10-12,14-15,19,21,24,30,34H,3-5,7,9H2,1H3/t14-,19-,21-,24+/m0/s1. The van der Waals surface area contributed by atoms with Gasteiger partial charge in [-0.05, 0) is 62.1 Å². The zero-order chi connectivity index (χ0) is 24.1. The fourth-order valence-electron chi connectivity index (χ4n) is 5.36. The molecule has 3 fully saturated rings. The van der Waals surface area contributed by atoms with Crippen molar-refractivity contribution in [2.75, 3.05) is 11.2 Å². The summed E-state index contributed by atoms with van der Waals surface area (Å²) in [6.07, 6.45) is 8.28. The van der Waals surface area contributed by atoms with Gasteiger partial charge in [-0.15, -0.1) is 22.0 Å². The summed E-state index contributed by atoms with van der Waals surface area (Å²) in [7, 11) is 0. The molecule has 0 unspecified atom stereocenters. The molecular formula is C25H26F2N6OS. The summed E-state index contributed by atoms with van der Waals surface area (Å²) in [6, 6.07) is 6.81. The van der Waals surface area contributed by atoms with E-state index in [1.165, 1.54) is 24.0 Å². The minimum atomic E-state index is -0.963. The molecule has 6 rings (SSSR count). The first-order valence-corrected chi connectivity index (χ1v) is 13.2. The maximum atomic E-state index is 15.3. The Hall–Kier alpha value is -2.85. The van der Waals surface area contributed by atoms with Crippen molar-refractivity contribution in [3.8, 4) is 28.1 Å². The zero-order valence-corrected chi connectivity index (χ0v) is 20.1. The van der Waals surface area contributed by atoms with Gasteiger partial charge in [-0.25, -0.2) is 18.7 Å². The molecule has 2 N–H and O–H groups in total. The number of piperidine rings is 1. The molecule has 7 nitrogen and oxygen atoms in total. The second-order valence-corrected chi connectivity index (χ2v) is 10.3. The van der Waals surface area contributed by atoms with Crippen LogP contribution in [-0.4, -0.2) is 61.9 Å². The highest BCUT2D eigenvalue weighted by Crippen LogP contribution is 2.40. The van der Waals surface area contributed by atoms with Crippen LogP contribution in [0.25, 0.3) is 22.4 Å². The Morgan fingerprint density at radius 3 is 2.63 bits per heavy atom. The number of nitrogens with zero attached hydrogens (tertiary/aromatic N) is 5. The molecule has 4 heterocycles. The average molecular weight is 497 g/mol. The summed E-state index contributed by atoms with van der Waals surface area (Å²) in [5, 5.41) is 23.4. The van der Waals surface area contributed by atoms with Gasteiger partial charge in [0.15, 0.2) is 0 Å². The summed E-state index contributed by atoms with van der Waals surface area (Å²) in [5.41, 5.74) is 1.74. The van der Waals surface area contributed by atoms with Gasteiger partial charge in [0.2, 0.25) is 5.95 Å². The quantitative estimate of drug-likeness (QED) is 0.487. The van der Waals surface area contributed by atoms with Crippen LogP contribution in [0.3, 0.4) is 0 Å². The summed E-state index contributed by atoms with van der Waals surface area (Å²) in [6.45, 7) is 0. The maximum absolute atomic E-state index is 15.3. The van der Waals surface area contributed by atoms with Crippen LogP contribution in [0.4, 0.5) is 14.7 Å². The van der Waals surface area contributed by atoms with E-state index in [0.29, 0.717) is 39.4 Å². The number of phenolic OH excluding ortho intramolecular Hbond substituents is 1. The number of benzene rings is 1. The highest BCUT2D eigenvalue weighted by Gasteiger charge is 2.48. The van der Waals surface area contributed by atoms with E-state index < -0.39 is 12.0 Å². The van der Waals surface area contributed by atoms with Crippen molar-refractivity contribution in [1.29, 1.82) is 0 Å². The molecule has 2 aromatic heterocycles. The molecule has 2 bridgehead atoms. The molecule has 2 aliphatic heterocycles. The number of thioether (sulfide) groups is 1. The van der Waals surface area contributed by atoms with Crippen LogP contribution in [0.2, 0.25) is 0 Å². The molecule has 2 saturated heterocycles. The van der Waals surface area contributed by atoms with E-state index in [9.17, 15) is 9.50 Å². The van der Waals surface area contributed by atoms with E-state index in [1.54, 1.807) is 24.4 Å². The van der Waals surface area contributed by atoms with Crippen LogP contribution in [-0.2, 0) is 0 Å². The van der Waals surface area contributed by atoms with Gasteiger partial charge in [-0.3, -0.25) is 0 Å². The van der Waals surface area contributed by atoms with E-state index in [4.69, 9.17) is 0 Å². The average Bonchev–Trinajstić information content (AvgIpc) is 3.62. The number of nitrogens with one attached hydrogen (secondary N) is 1. The molecule has 3 aromatic rings. The van der Waals surface area contributed by atoms with E-state index >= 15 is 4.39 Å². The molecular weight excluding hydrogens is 470 g/mol. The lowest BCUT2D eigenvalue weighted by Crippen LogP contribution is -2.57. The van der Waals surface area contributed by atoms with Gasteiger partial charge in [-0.1, -0.05) is 6.07 Å². The highest BCUT2D eigenvalue weighted by atomic mass is 32.2. The molecule has 4 atom stereocenters. The number of hydrogen-bond acceptors (Lipinski definition) is 8. The summed E-state index contributed by atoms with van der Waals surface area (Å²) in [5.74, 6) is -0.0747. The molecule has 3 aliphatic rings. The van der Waals surface area contributed by atoms with Crippen molar-refractivity contribution in [2.24, 2.45) is 0 Å². The van der Waals surface area contributed by atoms with Crippen molar-refractivity contribution in [2.45, 2.75) is 67.5 Å². The highest BCUT2D eigenvalue weighted by molar-refractivity contribution is 7.98. The third kappa shape index (κ3) is 4.23. The Labute approximate surface area is 206 Å². The van der Waals surface area contributed by atoms with Crippen LogP contribution in [0.15, 0.2) is 41.7 Å².